The van der Waals surface area contributed by atoms with Crippen LogP contribution in [-0.2, 0) is 9.47 Å². The second-order valence-electron chi connectivity index (χ2n) is 2.97. The molecule has 7 nitrogen and oxygen atoms in total. The number of methoxy groups -OCH3 is 2. The fourth-order valence-corrected chi connectivity index (χ4v) is 1.04. The second-order valence-corrected chi connectivity index (χ2v) is 2.97. The van der Waals surface area contributed by atoms with Crippen molar-refractivity contribution in [3.8, 4) is 5.75 Å². The standard InChI is InChI=1S/C10H12N2O5/c1-16-9(14)11-6-3-4-8(13)7(5-6)12-10(15)17-2/h3-5,13H,1-2H3,(H,11,14)(H,12,15). The lowest BCUT2D eigenvalue weighted by Crippen LogP contribution is -2.13. The van der Waals surface area contributed by atoms with Gasteiger partial charge in [-0.1, -0.05) is 0 Å². The second kappa shape index (κ2) is 5.59. The number of phenols is 1. The van der Waals surface area contributed by atoms with Crippen molar-refractivity contribution < 1.29 is 24.2 Å². The van der Waals surface area contributed by atoms with Crippen molar-refractivity contribution in [1.29, 1.82) is 0 Å². The smallest absolute Gasteiger partial charge is 0.411 e. The average Bonchev–Trinajstić information content (AvgIpc) is 2.33. The summed E-state index contributed by atoms with van der Waals surface area (Å²) in [6, 6.07) is 4.13. The zero-order valence-electron chi connectivity index (χ0n) is 9.31. The number of carbonyl (C=O) groups excluding carboxylic acids is 2. The van der Waals surface area contributed by atoms with Gasteiger partial charge in [-0.05, 0) is 18.2 Å². The third-order valence-corrected chi connectivity index (χ3v) is 1.85. The maximum atomic E-state index is 11.0. The SMILES string of the molecule is COC(=O)Nc1ccc(O)c(NC(=O)OC)c1. The van der Waals surface area contributed by atoms with Gasteiger partial charge in [0.2, 0.25) is 0 Å². The van der Waals surface area contributed by atoms with E-state index in [4.69, 9.17) is 0 Å². The highest BCUT2D eigenvalue weighted by atomic mass is 16.5. The Morgan fingerprint density at radius 2 is 1.71 bits per heavy atom. The number of carbonyl (C=O) groups is 2. The van der Waals surface area contributed by atoms with E-state index >= 15 is 0 Å². The number of rotatable bonds is 2. The Bertz CT molecular complexity index is 433. The highest BCUT2D eigenvalue weighted by molar-refractivity contribution is 5.90. The van der Waals surface area contributed by atoms with E-state index in [9.17, 15) is 14.7 Å². The van der Waals surface area contributed by atoms with E-state index in [1.54, 1.807) is 0 Å². The van der Waals surface area contributed by atoms with Crippen LogP contribution in [0.1, 0.15) is 0 Å². The van der Waals surface area contributed by atoms with Crippen molar-refractivity contribution >= 4 is 23.6 Å². The number of nitrogens with one attached hydrogen (secondary N) is 2. The molecule has 0 saturated heterocycles. The maximum absolute atomic E-state index is 11.0. The molecule has 1 aromatic carbocycles. The van der Waals surface area contributed by atoms with Crippen molar-refractivity contribution in [3.05, 3.63) is 18.2 Å². The topological polar surface area (TPSA) is 96.9 Å². The van der Waals surface area contributed by atoms with Gasteiger partial charge in [0.15, 0.2) is 0 Å². The van der Waals surface area contributed by atoms with E-state index in [2.05, 4.69) is 20.1 Å². The molecule has 0 saturated carbocycles. The molecule has 1 rings (SSSR count). The van der Waals surface area contributed by atoms with Crippen LogP contribution in [0.4, 0.5) is 21.0 Å². The fraction of sp³-hybridized carbons (Fsp3) is 0.200. The highest BCUT2D eigenvalue weighted by Gasteiger charge is 2.08. The molecule has 7 heteroatoms. The van der Waals surface area contributed by atoms with E-state index in [1.165, 1.54) is 32.4 Å². The first-order valence-corrected chi connectivity index (χ1v) is 4.59. The summed E-state index contributed by atoms with van der Waals surface area (Å²) in [5.41, 5.74) is 0.479. The van der Waals surface area contributed by atoms with Crippen molar-refractivity contribution in [2.75, 3.05) is 24.9 Å². The molecular formula is C10H12N2O5. The number of amides is 2. The number of benzene rings is 1. The third-order valence-electron chi connectivity index (χ3n) is 1.85. The zero-order valence-corrected chi connectivity index (χ0v) is 9.31. The number of phenolic OH excluding ortho intramolecular Hbond substituents is 1. The molecule has 2 amide bonds. The monoisotopic (exact) mass is 240 g/mol. The van der Waals surface area contributed by atoms with Gasteiger partial charge in [0.25, 0.3) is 0 Å². The Labute approximate surface area is 97.3 Å². The molecule has 0 unspecified atom stereocenters. The molecular weight excluding hydrogens is 228 g/mol. The Morgan fingerprint density at radius 1 is 1.12 bits per heavy atom. The lowest BCUT2D eigenvalue weighted by atomic mass is 10.2. The summed E-state index contributed by atoms with van der Waals surface area (Å²) in [4.78, 5) is 21.9. The summed E-state index contributed by atoms with van der Waals surface area (Å²) in [6.07, 6.45) is -1.38. The van der Waals surface area contributed by atoms with E-state index in [1.807, 2.05) is 0 Å². The van der Waals surface area contributed by atoms with Crippen LogP contribution in [0.15, 0.2) is 18.2 Å². The van der Waals surface area contributed by atoms with Gasteiger partial charge < -0.3 is 14.6 Å². The Balaban J connectivity index is 2.86. The number of hydrogen-bond donors (Lipinski definition) is 3. The average molecular weight is 240 g/mol. The number of ether oxygens (including phenoxy) is 2. The molecule has 0 aromatic heterocycles. The third kappa shape index (κ3) is 3.56. The Hall–Kier alpha value is -2.44. The summed E-state index contributed by atoms with van der Waals surface area (Å²) in [5, 5.41) is 14.1. The van der Waals surface area contributed by atoms with Crippen molar-refractivity contribution in [2.45, 2.75) is 0 Å². The molecule has 0 fully saturated rings. The molecule has 0 atom stereocenters. The molecule has 0 bridgehead atoms. The molecule has 92 valence electrons. The van der Waals surface area contributed by atoms with Crippen LogP contribution in [0.3, 0.4) is 0 Å². The molecule has 17 heavy (non-hydrogen) atoms. The zero-order chi connectivity index (χ0) is 12.8. The maximum Gasteiger partial charge on any atom is 0.411 e. The van der Waals surface area contributed by atoms with Gasteiger partial charge in [-0.25, -0.2) is 9.59 Å². The molecule has 3 N–H and O–H groups in total. The summed E-state index contributed by atoms with van der Waals surface area (Å²) >= 11 is 0. The quantitative estimate of drug-likeness (QED) is 0.540. The van der Waals surface area contributed by atoms with Gasteiger partial charge in [0, 0.05) is 5.69 Å². The van der Waals surface area contributed by atoms with Crippen molar-refractivity contribution in [2.24, 2.45) is 0 Å². The van der Waals surface area contributed by atoms with E-state index < -0.39 is 12.2 Å². The first-order chi connectivity index (χ1) is 8.06. The van der Waals surface area contributed by atoms with Crippen LogP contribution in [0.25, 0.3) is 0 Å². The Morgan fingerprint density at radius 3 is 2.29 bits per heavy atom. The van der Waals surface area contributed by atoms with Gasteiger partial charge in [0.05, 0.1) is 19.9 Å². The minimum atomic E-state index is -0.726. The molecule has 1 aromatic rings. The van der Waals surface area contributed by atoms with E-state index in [0.29, 0.717) is 5.69 Å². The first-order valence-electron chi connectivity index (χ1n) is 4.59. The minimum Gasteiger partial charge on any atom is -0.506 e. The van der Waals surface area contributed by atoms with Crippen molar-refractivity contribution in [1.82, 2.24) is 0 Å². The van der Waals surface area contributed by atoms with E-state index in [0.717, 1.165) is 0 Å². The fourth-order valence-electron chi connectivity index (χ4n) is 1.04. The minimum absolute atomic E-state index is 0.116. The van der Waals surface area contributed by atoms with Gasteiger partial charge in [-0.3, -0.25) is 10.6 Å². The van der Waals surface area contributed by atoms with Crippen LogP contribution in [0.5, 0.6) is 5.75 Å². The van der Waals surface area contributed by atoms with Crippen molar-refractivity contribution in [3.63, 3.8) is 0 Å². The highest BCUT2D eigenvalue weighted by Crippen LogP contribution is 2.26. The molecule has 0 aliphatic heterocycles. The van der Waals surface area contributed by atoms with Gasteiger partial charge in [-0.2, -0.15) is 0 Å². The molecule has 0 aliphatic carbocycles. The summed E-state index contributed by atoms with van der Waals surface area (Å²) in [6.45, 7) is 0. The van der Waals surface area contributed by atoms with E-state index in [-0.39, 0.29) is 11.4 Å². The lowest BCUT2D eigenvalue weighted by molar-refractivity contribution is 0.186. The van der Waals surface area contributed by atoms with Crippen LogP contribution in [0.2, 0.25) is 0 Å². The molecule has 0 radical (unpaired) electrons. The van der Waals surface area contributed by atoms with Crippen LogP contribution in [-0.4, -0.2) is 31.5 Å². The largest absolute Gasteiger partial charge is 0.506 e. The number of anilines is 2. The normalized spacial score (nSPS) is 9.29. The number of hydrogen-bond acceptors (Lipinski definition) is 5. The summed E-state index contributed by atoms with van der Waals surface area (Å²) < 4.78 is 8.78. The summed E-state index contributed by atoms with van der Waals surface area (Å²) in [7, 11) is 2.42. The molecule has 0 heterocycles. The van der Waals surface area contributed by atoms with Gasteiger partial charge >= 0.3 is 12.2 Å². The first kappa shape index (κ1) is 12.6. The molecule has 0 aliphatic rings. The molecule has 0 spiro atoms. The number of aromatic hydroxyl groups is 1. The van der Waals surface area contributed by atoms with Gasteiger partial charge in [0.1, 0.15) is 5.75 Å². The summed E-state index contributed by atoms with van der Waals surface area (Å²) in [5.74, 6) is -0.147. The predicted octanol–water partition coefficient (Wildman–Crippen LogP) is 1.75. The Kier molecular flexibility index (Phi) is 4.15. The lowest BCUT2D eigenvalue weighted by Gasteiger charge is -2.09. The van der Waals surface area contributed by atoms with Gasteiger partial charge in [-0.15, -0.1) is 0 Å². The van der Waals surface area contributed by atoms with Crippen LogP contribution in [0, 0.1) is 0 Å². The van der Waals surface area contributed by atoms with Crippen LogP contribution >= 0.6 is 0 Å². The van der Waals surface area contributed by atoms with Crippen LogP contribution < -0.4 is 10.6 Å². The predicted molar refractivity (Wildman–Crippen MR) is 60.2 cm³/mol.